The number of nitrogens with one attached hydrogen (secondary N) is 1. The van der Waals surface area contributed by atoms with E-state index in [0.29, 0.717) is 11.4 Å². The summed E-state index contributed by atoms with van der Waals surface area (Å²) < 4.78 is 0. The van der Waals surface area contributed by atoms with Crippen molar-refractivity contribution in [3.8, 4) is 0 Å². The average molecular weight is 213 g/mol. The number of hydrogen-bond acceptors (Lipinski definition) is 3. The molecule has 0 saturated carbocycles. The van der Waals surface area contributed by atoms with Crippen molar-refractivity contribution in [1.82, 2.24) is 9.97 Å². The fourth-order valence-electron chi connectivity index (χ4n) is 1.29. The molecule has 0 spiro atoms. The van der Waals surface area contributed by atoms with Gasteiger partial charge in [0.15, 0.2) is 0 Å². The lowest BCUT2D eigenvalue weighted by Crippen LogP contribution is -2.13. The second-order valence-electron chi connectivity index (χ2n) is 3.41. The van der Waals surface area contributed by atoms with Gasteiger partial charge >= 0.3 is 0 Å². The summed E-state index contributed by atoms with van der Waals surface area (Å²) in [5.41, 5.74) is 2.07. The molecule has 0 atom stereocenters. The Hall–Kier alpha value is -2.23. The second kappa shape index (κ2) is 4.53. The normalized spacial score (nSPS) is 9.81. The summed E-state index contributed by atoms with van der Waals surface area (Å²) >= 11 is 0. The van der Waals surface area contributed by atoms with Crippen LogP contribution in [0, 0.1) is 6.92 Å². The topological polar surface area (TPSA) is 54.9 Å². The fourth-order valence-corrected chi connectivity index (χ4v) is 1.29. The van der Waals surface area contributed by atoms with Crippen LogP contribution in [0.4, 0.5) is 5.69 Å². The summed E-state index contributed by atoms with van der Waals surface area (Å²) in [6, 6.07) is 7.13. The van der Waals surface area contributed by atoms with Crippen LogP contribution in [0.3, 0.4) is 0 Å². The molecule has 0 saturated heterocycles. The lowest BCUT2D eigenvalue weighted by Gasteiger charge is -2.03. The molecule has 0 unspecified atom stereocenters. The van der Waals surface area contributed by atoms with Gasteiger partial charge in [-0.05, 0) is 36.8 Å². The van der Waals surface area contributed by atoms with Gasteiger partial charge in [0, 0.05) is 12.4 Å². The van der Waals surface area contributed by atoms with Crippen LogP contribution in [0.25, 0.3) is 0 Å². The van der Waals surface area contributed by atoms with E-state index in [4.69, 9.17) is 0 Å². The smallest absolute Gasteiger partial charge is 0.274 e. The third kappa shape index (κ3) is 2.42. The molecule has 4 nitrogen and oxygen atoms in total. The first-order valence-corrected chi connectivity index (χ1v) is 4.90. The first-order valence-electron chi connectivity index (χ1n) is 4.90. The van der Waals surface area contributed by atoms with Crippen LogP contribution in [-0.4, -0.2) is 15.9 Å². The van der Waals surface area contributed by atoms with Crippen LogP contribution in [0.5, 0.6) is 0 Å². The van der Waals surface area contributed by atoms with E-state index in [1.54, 1.807) is 36.8 Å². The van der Waals surface area contributed by atoms with E-state index in [1.807, 2.05) is 13.0 Å². The number of nitrogens with zero attached hydrogens (tertiary/aromatic N) is 2. The van der Waals surface area contributed by atoms with Crippen LogP contribution in [0.1, 0.15) is 16.1 Å². The van der Waals surface area contributed by atoms with Gasteiger partial charge in [0.25, 0.3) is 5.91 Å². The molecule has 0 fully saturated rings. The first kappa shape index (κ1) is 10.3. The summed E-state index contributed by atoms with van der Waals surface area (Å²) in [6.07, 6.45) is 4.86. The van der Waals surface area contributed by atoms with E-state index in [0.717, 1.165) is 5.56 Å². The zero-order valence-electron chi connectivity index (χ0n) is 8.84. The maximum absolute atomic E-state index is 11.8. The third-order valence-corrected chi connectivity index (χ3v) is 2.07. The number of amides is 1. The number of anilines is 1. The summed E-state index contributed by atoms with van der Waals surface area (Å²) in [4.78, 5) is 19.7. The van der Waals surface area contributed by atoms with E-state index in [2.05, 4.69) is 15.3 Å². The van der Waals surface area contributed by atoms with Crippen molar-refractivity contribution >= 4 is 11.6 Å². The van der Waals surface area contributed by atoms with Crippen molar-refractivity contribution in [2.45, 2.75) is 6.92 Å². The minimum absolute atomic E-state index is 0.225. The van der Waals surface area contributed by atoms with Crippen LogP contribution >= 0.6 is 0 Å². The van der Waals surface area contributed by atoms with E-state index in [1.165, 1.54) is 0 Å². The Labute approximate surface area is 93.4 Å². The molecule has 0 bridgehead atoms. The van der Waals surface area contributed by atoms with Crippen molar-refractivity contribution in [1.29, 1.82) is 0 Å². The first-order chi connectivity index (χ1) is 7.75. The number of aromatic nitrogens is 2. The van der Waals surface area contributed by atoms with Gasteiger partial charge in [0.05, 0.1) is 11.9 Å². The number of carbonyl (C=O) groups excluding carboxylic acids is 1. The molecule has 1 N–H and O–H groups in total. The van der Waals surface area contributed by atoms with Crippen molar-refractivity contribution in [2.75, 3.05) is 5.32 Å². The van der Waals surface area contributed by atoms with Crippen molar-refractivity contribution in [2.24, 2.45) is 0 Å². The Morgan fingerprint density at radius 3 is 2.88 bits per heavy atom. The Morgan fingerprint density at radius 1 is 1.31 bits per heavy atom. The minimum Gasteiger partial charge on any atom is -0.319 e. The molecular weight excluding hydrogens is 202 g/mol. The van der Waals surface area contributed by atoms with Gasteiger partial charge in [-0.25, -0.2) is 0 Å². The molecule has 2 aromatic heterocycles. The van der Waals surface area contributed by atoms with Crippen LogP contribution < -0.4 is 5.32 Å². The molecule has 80 valence electrons. The van der Waals surface area contributed by atoms with Gasteiger partial charge < -0.3 is 5.32 Å². The predicted octanol–water partition coefficient (Wildman–Crippen LogP) is 2.04. The maximum Gasteiger partial charge on any atom is 0.274 e. The summed E-state index contributed by atoms with van der Waals surface area (Å²) in [5, 5.41) is 2.72. The van der Waals surface area contributed by atoms with Gasteiger partial charge in [-0.2, -0.15) is 0 Å². The van der Waals surface area contributed by atoms with Gasteiger partial charge in [-0.1, -0.05) is 0 Å². The van der Waals surface area contributed by atoms with E-state index in [-0.39, 0.29) is 5.91 Å². The molecule has 2 aromatic rings. The summed E-state index contributed by atoms with van der Waals surface area (Å²) in [5.74, 6) is -0.225. The highest BCUT2D eigenvalue weighted by Gasteiger charge is 2.06. The third-order valence-electron chi connectivity index (χ3n) is 2.07. The minimum atomic E-state index is -0.225. The van der Waals surface area contributed by atoms with Gasteiger partial charge in [-0.3, -0.25) is 14.8 Å². The lowest BCUT2D eigenvalue weighted by molar-refractivity contribution is 0.102. The van der Waals surface area contributed by atoms with E-state index < -0.39 is 0 Å². The molecule has 0 aromatic carbocycles. The van der Waals surface area contributed by atoms with Crippen molar-refractivity contribution < 1.29 is 4.79 Å². The molecular formula is C12H11N3O. The SMILES string of the molecule is Cc1ccnc(C(=O)Nc2cccnc2)c1. The molecule has 1 amide bonds. The average Bonchev–Trinajstić information content (AvgIpc) is 2.30. The highest BCUT2D eigenvalue weighted by molar-refractivity contribution is 6.02. The van der Waals surface area contributed by atoms with Gasteiger partial charge in [0.2, 0.25) is 0 Å². The Bertz CT molecular complexity index is 497. The Balaban J connectivity index is 2.15. The maximum atomic E-state index is 11.8. The monoisotopic (exact) mass is 213 g/mol. The van der Waals surface area contributed by atoms with Crippen LogP contribution in [0.2, 0.25) is 0 Å². The second-order valence-corrected chi connectivity index (χ2v) is 3.41. The molecule has 4 heteroatoms. The van der Waals surface area contributed by atoms with Gasteiger partial charge in [-0.15, -0.1) is 0 Å². The van der Waals surface area contributed by atoms with Crippen molar-refractivity contribution in [3.05, 3.63) is 54.1 Å². The zero-order valence-corrected chi connectivity index (χ0v) is 8.84. The molecule has 16 heavy (non-hydrogen) atoms. The summed E-state index contributed by atoms with van der Waals surface area (Å²) in [7, 11) is 0. The highest BCUT2D eigenvalue weighted by atomic mass is 16.1. The number of rotatable bonds is 2. The summed E-state index contributed by atoms with van der Waals surface area (Å²) in [6.45, 7) is 1.92. The Morgan fingerprint density at radius 2 is 2.19 bits per heavy atom. The number of hydrogen-bond donors (Lipinski definition) is 1. The quantitative estimate of drug-likeness (QED) is 0.830. The zero-order chi connectivity index (χ0) is 11.4. The predicted molar refractivity (Wildman–Crippen MR) is 61.2 cm³/mol. The number of aryl methyl sites for hydroxylation is 1. The van der Waals surface area contributed by atoms with Crippen LogP contribution in [0.15, 0.2) is 42.9 Å². The van der Waals surface area contributed by atoms with Crippen LogP contribution in [-0.2, 0) is 0 Å². The standard InChI is InChI=1S/C12H11N3O/c1-9-4-6-14-11(7-9)12(16)15-10-3-2-5-13-8-10/h2-8H,1H3,(H,15,16). The van der Waals surface area contributed by atoms with E-state index >= 15 is 0 Å². The molecule has 0 aliphatic carbocycles. The number of carbonyl (C=O) groups is 1. The molecule has 2 rings (SSSR count). The van der Waals surface area contributed by atoms with Crippen molar-refractivity contribution in [3.63, 3.8) is 0 Å². The highest BCUT2D eigenvalue weighted by Crippen LogP contribution is 2.06. The van der Waals surface area contributed by atoms with Gasteiger partial charge in [0.1, 0.15) is 5.69 Å². The molecule has 2 heterocycles. The molecule has 0 radical (unpaired) electrons. The Kier molecular flexibility index (Phi) is 2.91. The molecule has 0 aliphatic heterocycles. The molecule has 0 aliphatic rings. The number of pyridine rings is 2. The fraction of sp³-hybridized carbons (Fsp3) is 0.0833. The lowest BCUT2D eigenvalue weighted by atomic mass is 10.2. The van der Waals surface area contributed by atoms with E-state index in [9.17, 15) is 4.79 Å². The largest absolute Gasteiger partial charge is 0.319 e.